The van der Waals surface area contributed by atoms with Crippen LogP contribution < -0.4 is 11.3 Å². The van der Waals surface area contributed by atoms with E-state index in [1.165, 1.54) is 4.90 Å². The van der Waals surface area contributed by atoms with Gasteiger partial charge in [-0.25, -0.2) is 0 Å². The van der Waals surface area contributed by atoms with Crippen molar-refractivity contribution in [3.8, 4) is 35.1 Å². The van der Waals surface area contributed by atoms with Gasteiger partial charge in [0.1, 0.15) is 29.1 Å². The highest BCUT2D eigenvalue weighted by molar-refractivity contribution is 6.21. The number of benzene rings is 2. The van der Waals surface area contributed by atoms with Crippen molar-refractivity contribution < 1.29 is 9.59 Å². The fraction of sp³-hybridized carbons (Fsp3) is 0.148. The van der Waals surface area contributed by atoms with Crippen LogP contribution in [0.25, 0.3) is 11.1 Å². The average Bonchev–Trinajstić information content (AvgIpc) is 3.11. The smallest absolute Gasteiger partial charge is 0.268 e. The van der Waals surface area contributed by atoms with Crippen LogP contribution in [0.2, 0.25) is 0 Å². The number of hydrogen-bond donors (Lipinski definition) is 2. The van der Waals surface area contributed by atoms with Crippen molar-refractivity contribution >= 4 is 17.6 Å². The van der Waals surface area contributed by atoms with Gasteiger partial charge >= 0.3 is 0 Å². The van der Waals surface area contributed by atoms with Crippen LogP contribution in [0.4, 0.5) is 5.82 Å². The lowest BCUT2D eigenvalue weighted by Crippen LogP contribution is -2.30. The van der Waals surface area contributed by atoms with Crippen molar-refractivity contribution in [3.05, 3.63) is 86.7 Å². The van der Waals surface area contributed by atoms with Crippen LogP contribution in [0.1, 0.15) is 56.7 Å². The molecule has 1 aromatic heterocycles. The van der Waals surface area contributed by atoms with Crippen molar-refractivity contribution in [3.63, 3.8) is 0 Å². The number of aromatic nitrogens is 1. The molecule has 2 amide bonds. The molecule has 2 heterocycles. The summed E-state index contributed by atoms with van der Waals surface area (Å²) >= 11 is 0. The number of imide groups is 1. The van der Waals surface area contributed by atoms with Crippen molar-refractivity contribution in [1.82, 2.24) is 9.88 Å². The first-order valence-electron chi connectivity index (χ1n) is 10.9. The molecule has 0 aliphatic carbocycles. The minimum absolute atomic E-state index is 0.0399. The molecule has 0 saturated heterocycles. The quantitative estimate of drug-likeness (QED) is 0.339. The summed E-state index contributed by atoms with van der Waals surface area (Å²) in [4.78, 5) is 40.4. The van der Waals surface area contributed by atoms with E-state index in [0.717, 1.165) is 12.0 Å². The summed E-state index contributed by atoms with van der Waals surface area (Å²) in [5, 5.41) is 18.8. The molecule has 35 heavy (non-hydrogen) atoms. The lowest BCUT2D eigenvalue weighted by molar-refractivity contribution is 0.0652. The number of unbranched alkanes of at least 4 members (excludes halogenated alkanes) is 2. The molecule has 1 aliphatic rings. The van der Waals surface area contributed by atoms with Gasteiger partial charge in [-0.05, 0) is 42.7 Å². The van der Waals surface area contributed by atoms with Crippen LogP contribution in [0.5, 0.6) is 0 Å². The molecule has 0 bridgehead atoms. The van der Waals surface area contributed by atoms with Crippen LogP contribution in [-0.2, 0) is 0 Å². The first-order chi connectivity index (χ1) is 17.0. The fourth-order valence-electron chi connectivity index (χ4n) is 3.94. The Morgan fingerprint density at radius 1 is 0.857 bits per heavy atom. The van der Waals surface area contributed by atoms with Gasteiger partial charge in [0.2, 0.25) is 0 Å². The van der Waals surface area contributed by atoms with Crippen LogP contribution >= 0.6 is 0 Å². The van der Waals surface area contributed by atoms with Gasteiger partial charge in [-0.3, -0.25) is 19.3 Å². The summed E-state index contributed by atoms with van der Waals surface area (Å²) in [6.07, 6.45) is 1.96. The molecule has 170 valence electrons. The minimum atomic E-state index is -0.649. The van der Waals surface area contributed by atoms with E-state index in [2.05, 4.69) is 16.8 Å². The third-order valence-corrected chi connectivity index (χ3v) is 5.69. The highest BCUT2D eigenvalue weighted by Gasteiger charge is 2.34. The van der Waals surface area contributed by atoms with E-state index in [4.69, 9.17) is 5.73 Å². The molecule has 0 atom stereocenters. The third kappa shape index (κ3) is 4.39. The van der Waals surface area contributed by atoms with Crippen LogP contribution in [0, 0.1) is 34.5 Å². The van der Waals surface area contributed by atoms with Gasteiger partial charge in [-0.15, -0.1) is 0 Å². The Balaban J connectivity index is 1.37. The number of nitrogens with two attached hydrogens (primary N) is 1. The van der Waals surface area contributed by atoms with E-state index in [1.807, 2.05) is 12.1 Å². The van der Waals surface area contributed by atoms with Crippen LogP contribution in [-0.4, -0.2) is 28.2 Å². The number of nitrogen functional groups attached to an aromatic ring is 1. The van der Waals surface area contributed by atoms with Gasteiger partial charge < -0.3 is 10.7 Å². The molecule has 3 N–H and O–H groups in total. The largest absolute Gasteiger partial charge is 0.384 e. The van der Waals surface area contributed by atoms with E-state index in [-0.39, 0.29) is 34.3 Å². The molecule has 0 unspecified atom stereocenters. The van der Waals surface area contributed by atoms with Crippen molar-refractivity contribution in [2.45, 2.75) is 19.3 Å². The molecule has 2 aromatic carbocycles. The number of fused-ring (bicyclic) bond motifs is 1. The predicted octanol–water partition coefficient (Wildman–Crippen LogP) is 3.19. The zero-order chi connectivity index (χ0) is 24.9. The molecular weight excluding hydrogens is 442 g/mol. The number of nitriles is 2. The fourth-order valence-corrected chi connectivity index (χ4v) is 3.94. The summed E-state index contributed by atoms with van der Waals surface area (Å²) in [7, 11) is 0. The molecule has 8 heteroatoms. The molecule has 0 fully saturated rings. The molecule has 8 nitrogen and oxygen atoms in total. The Labute approximate surface area is 201 Å². The van der Waals surface area contributed by atoms with Crippen molar-refractivity contribution in [2.75, 3.05) is 12.3 Å². The van der Waals surface area contributed by atoms with E-state index in [1.54, 1.807) is 48.5 Å². The zero-order valence-electron chi connectivity index (χ0n) is 18.6. The molecule has 1 aliphatic heterocycles. The van der Waals surface area contributed by atoms with Crippen molar-refractivity contribution in [1.29, 1.82) is 10.5 Å². The zero-order valence-corrected chi connectivity index (χ0v) is 18.6. The molecule has 0 saturated carbocycles. The number of amides is 2. The molecule has 0 spiro atoms. The van der Waals surface area contributed by atoms with Gasteiger partial charge in [-0.2, -0.15) is 10.5 Å². The van der Waals surface area contributed by atoms with Crippen LogP contribution in [0.3, 0.4) is 0 Å². The number of carbonyl (C=O) groups is 2. The Morgan fingerprint density at radius 2 is 1.49 bits per heavy atom. The number of carbonyl (C=O) groups excluding carboxylic acids is 2. The standard InChI is InChI=1S/C27H19N5O3/c28-15-21-23(22(16-29)25(33)31-24(21)30)18-12-10-17(11-13-18)7-3-1-2-6-14-32-26(34)19-8-4-5-9-20(19)27(32)35/h4-5,8-13H,1-2,6,14H2,(H3,30,31,33). The van der Waals surface area contributed by atoms with Gasteiger partial charge in [0.05, 0.1) is 11.1 Å². The highest BCUT2D eigenvalue weighted by atomic mass is 16.2. The maximum absolute atomic E-state index is 12.4. The summed E-state index contributed by atoms with van der Waals surface area (Å²) in [6, 6.07) is 17.4. The molecule has 4 rings (SSSR count). The van der Waals surface area contributed by atoms with Gasteiger partial charge in [0.25, 0.3) is 17.4 Å². The highest BCUT2D eigenvalue weighted by Crippen LogP contribution is 2.28. The first kappa shape index (κ1) is 23.0. The summed E-state index contributed by atoms with van der Waals surface area (Å²) in [5.74, 6) is 5.52. The molecule has 0 radical (unpaired) electrons. The number of pyridine rings is 1. The summed E-state index contributed by atoms with van der Waals surface area (Å²) < 4.78 is 0. The van der Waals surface area contributed by atoms with E-state index < -0.39 is 5.56 Å². The number of H-pyrrole nitrogens is 1. The van der Waals surface area contributed by atoms with E-state index >= 15 is 0 Å². The minimum Gasteiger partial charge on any atom is -0.384 e. The topological polar surface area (TPSA) is 144 Å². The Bertz CT molecular complexity index is 1510. The number of aromatic amines is 1. The van der Waals surface area contributed by atoms with E-state index in [0.29, 0.717) is 36.1 Å². The Hall–Kier alpha value is -5.13. The second-order valence-corrected chi connectivity index (χ2v) is 7.86. The summed E-state index contributed by atoms with van der Waals surface area (Å²) in [6.45, 7) is 0.352. The van der Waals surface area contributed by atoms with E-state index in [9.17, 15) is 24.9 Å². The first-order valence-corrected chi connectivity index (χ1v) is 10.9. The number of nitrogens with one attached hydrogen (secondary N) is 1. The number of hydrogen-bond acceptors (Lipinski definition) is 6. The lowest BCUT2D eigenvalue weighted by atomic mass is 9.96. The van der Waals surface area contributed by atoms with Gasteiger partial charge in [0, 0.05) is 24.1 Å². The monoisotopic (exact) mass is 461 g/mol. The SMILES string of the molecule is N#Cc1c(N)[nH]c(=O)c(C#N)c1-c1ccc(C#CCCCCN2C(=O)c3ccccc3C2=O)cc1. The average molecular weight is 461 g/mol. The number of rotatable bonds is 5. The van der Waals surface area contributed by atoms with Crippen molar-refractivity contribution in [2.24, 2.45) is 0 Å². The predicted molar refractivity (Wildman–Crippen MR) is 129 cm³/mol. The lowest BCUT2D eigenvalue weighted by Gasteiger charge is -2.12. The summed E-state index contributed by atoms with van der Waals surface area (Å²) in [5.41, 5.74) is 7.32. The maximum Gasteiger partial charge on any atom is 0.268 e. The maximum atomic E-state index is 12.4. The van der Waals surface area contributed by atoms with Gasteiger partial charge in [0.15, 0.2) is 0 Å². The van der Waals surface area contributed by atoms with Gasteiger partial charge in [-0.1, -0.05) is 36.1 Å². The number of anilines is 1. The molecular formula is C27H19N5O3. The molecule has 3 aromatic rings. The second-order valence-electron chi connectivity index (χ2n) is 7.86. The van der Waals surface area contributed by atoms with Crippen LogP contribution in [0.15, 0.2) is 53.3 Å². The number of nitrogens with zero attached hydrogens (tertiary/aromatic N) is 3. The second kappa shape index (κ2) is 9.79. The Morgan fingerprint density at radius 3 is 2.09 bits per heavy atom. The third-order valence-electron chi connectivity index (χ3n) is 5.69. The normalized spacial score (nSPS) is 11.9. The Kier molecular flexibility index (Phi) is 6.44.